The lowest BCUT2D eigenvalue weighted by Crippen LogP contribution is -2.64. The largest absolute Gasteiger partial charge is 0.350 e. The van der Waals surface area contributed by atoms with E-state index < -0.39 is 11.4 Å². The number of nitrogens with one attached hydrogen (secondary N) is 1. The quantitative estimate of drug-likeness (QED) is 0.722. The van der Waals surface area contributed by atoms with Crippen LogP contribution in [0.3, 0.4) is 0 Å². The van der Waals surface area contributed by atoms with Crippen molar-refractivity contribution in [2.24, 2.45) is 0 Å². The molecule has 1 atom stereocenters. The number of hydrogen-bond donors (Lipinski definition) is 1. The molecule has 0 unspecified atom stereocenters. The number of halogens is 1. The summed E-state index contributed by atoms with van der Waals surface area (Å²) in [4.78, 5) is 28.1. The second-order valence-corrected chi connectivity index (χ2v) is 7.89. The Kier molecular flexibility index (Phi) is 4.89. The highest BCUT2D eigenvalue weighted by molar-refractivity contribution is 6.11. The number of rotatable bonds is 4. The molecule has 154 valence electrons. The summed E-state index contributed by atoms with van der Waals surface area (Å²) >= 11 is 0. The first-order chi connectivity index (χ1) is 14.3. The van der Waals surface area contributed by atoms with Crippen molar-refractivity contribution in [3.63, 3.8) is 0 Å². The van der Waals surface area contributed by atoms with Gasteiger partial charge < -0.3 is 5.32 Å². The van der Waals surface area contributed by atoms with Crippen LogP contribution in [0.4, 0.5) is 10.1 Å². The number of aryl methyl sites for hydroxylation is 2. The monoisotopic (exact) mass is 406 g/mol. The van der Waals surface area contributed by atoms with Gasteiger partial charge in [0, 0.05) is 12.2 Å². The van der Waals surface area contributed by atoms with Crippen LogP contribution in [0, 0.1) is 19.7 Å². The van der Waals surface area contributed by atoms with E-state index >= 15 is 0 Å². The van der Waals surface area contributed by atoms with Crippen LogP contribution >= 0.6 is 0 Å². The molecule has 1 aromatic heterocycles. The van der Waals surface area contributed by atoms with Crippen LogP contribution in [0.25, 0.3) is 0 Å². The number of aromatic nitrogens is 2. The number of carbonyl (C=O) groups is 2. The summed E-state index contributed by atoms with van der Waals surface area (Å²) in [6.45, 7) is 6.04. The summed E-state index contributed by atoms with van der Waals surface area (Å²) in [5.74, 6) is -1.06. The summed E-state index contributed by atoms with van der Waals surface area (Å²) in [5, 5.41) is 7.33. The molecule has 2 amide bonds. The van der Waals surface area contributed by atoms with E-state index in [0.717, 1.165) is 11.1 Å². The number of nitrogens with zero attached hydrogens (tertiary/aromatic N) is 3. The molecule has 0 spiro atoms. The minimum atomic E-state index is -1.23. The van der Waals surface area contributed by atoms with Crippen molar-refractivity contribution in [1.29, 1.82) is 0 Å². The van der Waals surface area contributed by atoms with E-state index in [-0.39, 0.29) is 18.4 Å². The Hall–Kier alpha value is -3.48. The van der Waals surface area contributed by atoms with Crippen LogP contribution in [0.5, 0.6) is 0 Å². The van der Waals surface area contributed by atoms with Crippen molar-refractivity contribution in [3.05, 3.63) is 82.9 Å². The van der Waals surface area contributed by atoms with Gasteiger partial charge in [0.1, 0.15) is 17.1 Å². The lowest BCUT2D eigenvalue weighted by molar-refractivity contribution is -0.126. The predicted octanol–water partition coefficient (Wildman–Crippen LogP) is 3.37. The summed E-state index contributed by atoms with van der Waals surface area (Å²) in [5.41, 5.74) is 2.43. The van der Waals surface area contributed by atoms with Crippen molar-refractivity contribution in [1.82, 2.24) is 15.1 Å². The van der Waals surface area contributed by atoms with Crippen molar-refractivity contribution in [2.75, 3.05) is 4.90 Å². The van der Waals surface area contributed by atoms with Crippen LogP contribution in [0.2, 0.25) is 0 Å². The minimum absolute atomic E-state index is 0.193. The van der Waals surface area contributed by atoms with Gasteiger partial charge in [0.25, 0.3) is 5.91 Å². The van der Waals surface area contributed by atoms with Gasteiger partial charge in [-0.15, -0.1) is 0 Å². The average Bonchev–Trinajstić information content (AvgIpc) is 3.09. The van der Waals surface area contributed by atoms with E-state index in [1.165, 1.54) is 29.2 Å². The van der Waals surface area contributed by atoms with Gasteiger partial charge >= 0.3 is 0 Å². The van der Waals surface area contributed by atoms with Crippen LogP contribution in [-0.2, 0) is 17.9 Å². The Morgan fingerprint density at radius 3 is 2.47 bits per heavy atom. The van der Waals surface area contributed by atoms with Gasteiger partial charge in [0.15, 0.2) is 0 Å². The fraction of sp³-hybridized carbons (Fsp3) is 0.261. The molecule has 7 heteroatoms. The van der Waals surface area contributed by atoms with Crippen LogP contribution in [0.1, 0.15) is 34.2 Å². The first-order valence-electron chi connectivity index (χ1n) is 9.76. The fourth-order valence-corrected chi connectivity index (χ4v) is 3.78. The van der Waals surface area contributed by atoms with Gasteiger partial charge in [-0.3, -0.25) is 19.2 Å². The number of hydrogen-bond acceptors (Lipinski definition) is 3. The molecule has 4 rings (SSSR count). The Balaban J connectivity index is 1.69. The maximum atomic E-state index is 13.5. The van der Waals surface area contributed by atoms with Gasteiger partial charge in [-0.25, -0.2) is 4.39 Å². The van der Waals surface area contributed by atoms with Gasteiger partial charge in [0.2, 0.25) is 5.91 Å². The molecule has 6 nitrogen and oxygen atoms in total. The standard InChI is InChI=1S/C23H23FN4O2/c1-15-4-6-17(7-5-15)13-25-22(30)23(3)14-27-20(12-16(2)26-27)21(29)28(23)19-10-8-18(24)9-11-19/h4-12H,13-14H2,1-3H3,(H,25,30)/t23-/m0/s1. The molecule has 0 radical (unpaired) electrons. The molecule has 1 aliphatic rings. The zero-order valence-electron chi connectivity index (χ0n) is 17.1. The van der Waals surface area contributed by atoms with E-state index in [4.69, 9.17) is 0 Å². The van der Waals surface area contributed by atoms with Crippen LogP contribution < -0.4 is 10.2 Å². The molecule has 30 heavy (non-hydrogen) atoms. The zero-order valence-corrected chi connectivity index (χ0v) is 17.1. The van der Waals surface area contributed by atoms with E-state index in [9.17, 15) is 14.0 Å². The summed E-state index contributed by atoms with van der Waals surface area (Å²) in [6, 6.07) is 15.2. The topological polar surface area (TPSA) is 67.2 Å². The number of benzene rings is 2. The van der Waals surface area contributed by atoms with Crippen LogP contribution in [-0.4, -0.2) is 27.1 Å². The third-order valence-electron chi connectivity index (χ3n) is 5.42. The fourth-order valence-electron chi connectivity index (χ4n) is 3.78. The van der Waals surface area contributed by atoms with Gasteiger partial charge in [-0.2, -0.15) is 5.10 Å². The Labute approximate surface area is 174 Å². The van der Waals surface area contributed by atoms with Crippen molar-refractivity contribution in [2.45, 2.75) is 39.4 Å². The van der Waals surface area contributed by atoms with E-state index in [2.05, 4.69) is 10.4 Å². The Morgan fingerprint density at radius 2 is 1.80 bits per heavy atom. The molecule has 0 saturated carbocycles. The third-order valence-corrected chi connectivity index (χ3v) is 5.42. The Morgan fingerprint density at radius 1 is 1.13 bits per heavy atom. The highest BCUT2D eigenvalue weighted by atomic mass is 19.1. The zero-order chi connectivity index (χ0) is 21.5. The minimum Gasteiger partial charge on any atom is -0.350 e. The number of anilines is 1. The van der Waals surface area contributed by atoms with Gasteiger partial charge in [-0.05, 0) is 56.7 Å². The lowest BCUT2D eigenvalue weighted by atomic mass is 9.94. The molecule has 0 fully saturated rings. The lowest BCUT2D eigenvalue weighted by Gasteiger charge is -2.43. The molecule has 0 bridgehead atoms. The molecule has 1 aliphatic heterocycles. The van der Waals surface area contributed by atoms with E-state index in [1.54, 1.807) is 24.6 Å². The number of carbonyl (C=O) groups excluding carboxylic acids is 2. The maximum Gasteiger partial charge on any atom is 0.277 e. The Bertz CT molecular complexity index is 1110. The smallest absolute Gasteiger partial charge is 0.277 e. The first kappa shape index (κ1) is 19.8. The molecule has 0 saturated heterocycles. The predicted molar refractivity (Wildman–Crippen MR) is 112 cm³/mol. The van der Waals surface area contributed by atoms with Crippen molar-refractivity contribution >= 4 is 17.5 Å². The summed E-state index contributed by atoms with van der Waals surface area (Å²) < 4.78 is 15.1. The van der Waals surface area contributed by atoms with Crippen molar-refractivity contribution < 1.29 is 14.0 Å². The average molecular weight is 406 g/mol. The maximum absolute atomic E-state index is 13.5. The highest BCUT2D eigenvalue weighted by Gasteiger charge is 2.48. The number of fused-ring (bicyclic) bond motifs is 1. The van der Waals surface area contributed by atoms with E-state index in [0.29, 0.717) is 23.6 Å². The highest BCUT2D eigenvalue weighted by Crippen LogP contribution is 2.33. The normalized spacial score (nSPS) is 18.3. The van der Waals surface area contributed by atoms with E-state index in [1.807, 2.05) is 31.2 Å². The van der Waals surface area contributed by atoms with Crippen LogP contribution in [0.15, 0.2) is 54.6 Å². The molecule has 0 aliphatic carbocycles. The summed E-state index contributed by atoms with van der Waals surface area (Å²) in [6.07, 6.45) is 0. The molecule has 2 heterocycles. The third kappa shape index (κ3) is 3.47. The van der Waals surface area contributed by atoms with Gasteiger partial charge in [0.05, 0.1) is 12.2 Å². The number of amides is 2. The molecular formula is C23H23FN4O2. The molecule has 1 N–H and O–H groups in total. The van der Waals surface area contributed by atoms with Crippen molar-refractivity contribution in [3.8, 4) is 0 Å². The second-order valence-electron chi connectivity index (χ2n) is 7.89. The second kappa shape index (κ2) is 7.40. The summed E-state index contributed by atoms with van der Waals surface area (Å²) in [7, 11) is 0. The SMILES string of the molecule is Cc1ccc(CNC(=O)[C@]2(C)Cn3nc(C)cc3C(=O)N2c2ccc(F)cc2)cc1. The first-order valence-corrected chi connectivity index (χ1v) is 9.76. The molecular weight excluding hydrogens is 383 g/mol. The molecule has 3 aromatic rings. The molecule has 2 aromatic carbocycles. The van der Waals surface area contributed by atoms with Gasteiger partial charge in [-0.1, -0.05) is 29.8 Å².